The second-order valence-corrected chi connectivity index (χ2v) is 2.79. The summed E-state index contributed by atoms with van der Waals surface area (Å²) in [5, 5.41) is 8.54. The van der Waals surface area contributed by atoms with Gasteiger partial charge in [-0.15, -0.1) is 11.8 Å². The van der Waals surface area contributed by atoms with E-state index in [9.17, 15) is 13.2 Å². The molecule has 82 valence electrons. The van der Waals surface area contributed by atoms with Gasteiger partial charge in [0.2, 0.25) is 0 Å². The molecule has 0 amide bonds. The molecule has 0 aromatic rings. The predicted octanol–water partition coefficient (Wildman–Crippen LogP) is 1.26. The van der Waals surface area contributed by atoms with E-state index in [-0.39, 0.29) is 19.7 Å². The van der Waals surface area contributed by atoms with E-state index in [1.165, 1.54) is 0 Å². The molecule has 0 aliphatic rings. The van der Waals surface area contributed by atoms with E-state index in [1.807, 2.05) is 0 Å². The van der Waals surface area contributed by atoms with Crippen LogP contribution in [0.25, 0.3) is 0 Å². The van der Waals surface area contributed by atoms with Gasteiger partial charge in [-0.3, -0.25) is 4.90 Å². The molecule has 0 aromatic carbocycles. The molecule has 5 heteroatoms. The van der Waals surface area contributed by atoms with Gasteiger partial charge in [-0.25, -0.2) is 0 Å². The maximum absolute atomic E-state index is 12.0. The van der Waals surface area contributed by atoms with E-state index in [0.29, 0.717) is 6.42 Å². The van der Waals surface area contributed by atoms with Gasteiger partial charge in [0, 0.05) is 19.5 Å². The third-order valence-electron chi connectivity index (χ3n) is 1.55. The molecule has 0 spiro atoms. The van der Waals surface area contributed by atoms with Crippen molar-refractivity contribution in [1.82, 2.24) is 4.90 Å². The zero-order valence-electron chi connectivity index (χ0n) is 8.06. The number of rotatable bonds is 5. The topological polar surface area (TPSA) is 23.5 Å². The van der Waals surface area contributed by atoms with Crippen molar-refractivity contribution < 1.29 is 18.3 Å². The number of hydrogen-bond donors (Lipinski definition) is 1. The van der Waals surface area contributed by atoms with Gasteiger partial charge in [-0.05, 0) is 6.92 Å². The lowest BCUT2D eigenvalue weighted by atomic mass is 10.3. The Labute approximate surface area is 81.7 Å². The van der Waals surface area contributed by atoms with Crippen LogP contribution >= 0.6 is 0 Å². The van der Waals surface area contributed by atoms with Crippen molar-refractivity contribution in [3.63, 3.8) is 0 Å². The molecule has 0 fully saturated rings. The van der Waals surface area contributed by atoms with Gasteiger partial charge in [0.25, 0.3) is 0 Å². The highest BCUT2D eigenvalue weighted by Crippen LogP contribution is 2.16. The van der Waals surface area contributed by atoms with Crippen molar-refractivity contribution in [2.45, 2.75) is 19.5 Å². The zero-order chi connectivity index (χ0) is 11.0. The standard InChI is InChI=1S/C9H14F3NO/c1-2-3-4-5-13(6-7-14)8-9(10,11)12/h14H,4-8H2,1H3. The monoisotopic (exact) mass is 209 g/mol. The van der Waals surface area contributed by atoms with E-state index < -0.39 is 12.7 Å². The van der Waals surface area contributed by atoms with Crippen LogP contribution < -0.4 is 0 Å². The minimum absolute atomic E-state index is 0.0326. The van der Waals surface area contributed by atoms with Crippen LogP contribution in [-0.4, -0.2) is 42.4 Å². The van der Waals surface area contributed by atoms with Gasteiger partial charge in [0.05, 0.1) is 13.2 Å². The largest absolute Gasteiger partial charge is 0.401 e. The molecule has 0 saturated carbocycles. The molecule has 0 bridgehead atoms. The Balaban J connectivity index is 3.93. The predicted molar refractivity (Wildman–Crippen MR) is 47.6 cm³/mol. The van der Waals surface area contributed by atoms with Gasteiger partial charge in [0.15, 0.2) is 0 Å². The maximum Gasteiger partial charge on any atom is 0.401 e. The minimum atomic E-state index is -4.21. The third kappa shape index (κ3) is 7.90. The Kier molecular flexibility index (Phi) is 6.34. The molecule has 0 saturated heterocycles. The number of aliphatic hydroxyl groups excluding tert-OH is 1. The van der Waals surface area contributed by atoms with Crippen molar-refractivity contribution in [3.05, 3.63) is 0 Å². The molecule has 0 aromatic heterocycles. The molecule has 1 N–H and O–H groups in total. The molecule has 0 atom stereocenters. The summed E-state index contributed by atoms with van der Waals surface area (Å²) in [6, 6.07) is 0. The van der Waals surface area contributed by atoms with Gasteiger partial charge in [-0.2, -0.15) is 13.2 Å². The normalized spacial score (nSPS) is 11.3. The summed E-state index contributed by atoms with van der Waals surface area (Å²) >= 11 is 0. The lowest BCUT2D eigenvalue weighted by Crippen LogP contribution is -2.36. The van der Waals surface area contributed by atoms with Crippen molar-refractivity contribution in [2.24, 2.45) is 0 Å². The first-order valence-corrected chi connectivity index (χ1v) is 4.29. The quantitative estimate of drug-likeness (QED) is 0.689. The maximum atomic E-state index is 12.0. The van der Waals surface area contributed by atoms with Gasteiger partial charge in [0.1, 0.15) is 0 Å². The molecular weight excluding hydrogens is 195 g/mol. The van der Waals surface area contributed by atoms with Crippen molar-refractivity contribution in [1.29, 1.82) is 0 Å². The third-order valence-corrected chi connectivity index (χ3v) is 1.55. The van der Waals surface area contributed by atoms with Gasteiger partial charge < -0.3 is 5.11 Å². The molecular formula is C9H14F3NO. The summed E-state index contributed by atoms with van der Waals surface area (Å²) in [7, 11) is 0. The Morgan fingerprint density at radius 2 is 1.93 bits per heavy atom. The smallest absolute Gasteiger partial charge is 0.395 e. The number of hydrogen-bond acceptors (Lipinski definition) is 2. The Bertz CT molecular complexity index is 204. The number of aliphatic hydroxyl groups is 1. The van der Waals surface area contributed by atoms with E-state index in [1.54, 1.807) is 6.92 Å². The molecule has 0 heterocycles. The summed E-state index contributed by atoms with van der Waals surface area (Å²) in [5.41, 5.74) is 0. The number of nitrogens with zero attached hydrogens (tertiary/aromatic N) is 1. The fourth-order valence-electron chi connectivity index (χ4n) is 1.00. The SMILES string of the molecule is CC#CCCN(CCO)CC(F)(F)F. The van der Waals surface area contributed by atoms with Crippen LogP contribution in [0.4, 0.5) is 13.2 Å². The summed E-state index contributed by atoms with van der Waals surface area (Å²) in [5.74, 6) is 5.29. The lowest BCUT2D eigenvalue weighted by molar-refractivity contribution is -0.146. The average Bonchev–Trinajstić information content (AvgIpc) is 2.02. The van der Waals surface area contributed by atoms with E-state index in [2.05, 4.69) is 11.8 Å². The second-order valence-electron chi connectivity index (χ2n) is 2.79. The summed E-state index contributed by atoms with van der Waals surface area (Å²) < 4.78 is 35.9. The Morgan fingerprint density at radius 3 is 2.36 bits per heavy atom. The Morgan fingerprint density at radius 1 is 1.29 bits per heavy atom. The number of alkyl halides is 3. The highest BCUT2D eigenvalue weighted by molar-refractivity contribution is 4.95. The summed E-state index contributed by atoms with van der Waals surface area (Å²) in [4.78, 5) is 1.14. The first-order valence-electron chi connectivity index (χ1n) is 4.29. The van der Waals surface area contributed by atoms with Crippen molar-refractivity contribution in [2.75, 3.05) is 26.2 Å². The van der Waals surface area contributed by atoms with Crippen LogP contribution in [0.3, 0.4) is 0 Å². The van der Waals surface area contributed by atoms with Crippen LogP contribution in [0, 0.1) is 11.8 Å². The van der Waals surface area contributed by atoms with Crippen LogP contribution in [-0.2, 0) is 0 Å². The molecule has 0 radical (unpaired) electrons. The first kappa shape index (κ1) is 13.3. The highest BCUT2D eigenvalue weighted by atomic mass is 19.4. The minimum Gasteiger partial charge on any atom is -0.395 e. The van der Waals surface area contributed by atoms with Crippen molar-refractivity contribution in [3.8, 4) is 11.8 Å². The molecule has 0 aliphatic heterocycles. The fourth-order valence-corrected chi connectivity index (χ4v) is 1.00. The molecule has 2 nitrogen and oxygen atoms in total. The number of halogens is 3. The summed E-state index contributed by atoms with van der Waals surface area (Å²) in [6.45, 7) is 0.653. The van der Waals surface area contributed by atoms with Crippen LogP contribution in [0.2, 0.25) is 0 Å². The van der Waals surface area contributed by atoms with Crippen molar-refractivity contribution >= 4 is 0 Å². The van der Waals surface area contributed by atoms with Crippen LogP contribution in [0.15, 0.2) is 0 Å². The van der Waals surface area contributed by atoms with Crippen LogP contribution in [0.1, 0.15) is 13.3 Å². The average molecular weight is 209 g/mol. The molecule has 0 unspecified atom stereocenters. The second kappa shape index (κ2) is 6.68. The fraction of sp³-hybridized carbons (Fsp3) is 0.778. The van der Waals surface area contributed by atoms with E-state index in [4.69, 9.17) is 5.11 Å². The molecule has 0 aliphatic carbocycles. The van der Waals surface area contributed by atoms with Gasteiger partial charge in [-0.1, -0.05) is 0 Å². The highest BCUT2D eigenvalue weighted by Gasteiger charge is 2.29. The van der Waals surface area contributed by atoms with E-state index >= 15 is 0 Å². The zero-order valence-corrected chi connectivity index (χ0v) is 8.06. The molecule has 0 rings (SSSR count). The van der Waals surface area contributed by atoms with Crippen LogP contribution in [0.5, 0.6) is 0 Å². The molecule has 14 heavy (non-hydrogen) atoms. The Hall–Kier alpha value is -0.730. The summed E-state index contributed by atoms with van der Waals surface area (Å²) in [6.07, 6.45) is -3.82. The van der Waals surface area contributed by atoms with E-state index in [0.717, 1.165) is 4.90 Å². The first-order chi connectivity index (χ1) is 6.49. The lowest BCUT2D eigenvalue weighted by Gasteiger charge is -2.21. The van der Waals surface area contributed by atoms with Gasteiger partial charge >= 0.3 is 6.18 Å².